The first-order valence-corrected chi connectivity index (χ1v) is 9.28. The van der Waals surface area contributed by atoms with E-state index >= 15 is 0 Å². The van der Waals surface area contributed by atoms with E-state index < -0.39 is 0 Å². The standard InChI is InChI=1S/C21H29NO3/c1-13(2)18-7-6-16-10-17(22(14(3)4)21(23)20(16)18)11-24-12-19-15(5)8-9-25-19/h8-10,13-14,18H,6-7,11-12H2,1-5H3/t18-/m1/s1. The van der Waals surface area contributed by atoms with Crippen LogP contribution in [-0.4, -0.2) is 4.57 Å². The van der Waals surface area contributed by atoms with Crippen molar-refractivity contribution >= 4 is 0 Å². The molecule has 1 atom stereocenters. The minimum atomic E-state index is 0.121. The zero-order valence-electron chi connectivity index (χ0n) is 16.0. The van der Waals surface area contributed by atoms with Crippen LogP contribution in [0, 0.1) is 12.8 Å². The fourth-order valence-corrected chi connectivity index (χ4v) is 3.95. The van der Waals surface area contributed by atoms with Crippen LogP contribution >= 0.6 is 0 Å². The van der Waals surface area contributed by atoms with Crippen molar-refractivity contribution in [2.24, 2.45) is 5.92 Å². The monoisotopic (exact) mass is 343 g/mol. The summed E-state index contributed by atoms with van der Waals surface area (Å²) >= 11 is 0. The normalized spacial score (nSPS) is 16.8. The second kappa shape index (κ2) is 7.20. The summed E-state index contributed by atoms with van der Waals surface area (Å²) in [5.74, 6) is 1.73. The molecule has 1 aliphatic carbocycles. The summed E-state index contributed by atoms with van der Waals surface area (Å²) in [5, 5.41) is 0. The summed E-state index contributed by atoms with van der Waals surface area (Å²) in [7, 11) is 0. The van der Waals surface area contributed by atoms with Gasteiger partial charge in [0, 0.05) is 17.3 Å². The van der Waals surface area contributed by atoms with Crippen LogP contribution in [0.15, 0.2) is 27.6 Å². The summed E-state index contributed by atoms with van der Waals surface area (Å²) in [4.78, 5) is 13.2. The molecular formula is C21H29NO3. The maximum absolute atomic E-state index is 13.2. The van der Waals surface area contributed by atoms with Gasteiger partial charge in [0.15, 0.2) is 0 Å². The summed E-state index contributed by atoms with van der Waals surface area (Å²) < 4.78 is 13.2. The molecule has 0 unspecified atom stereocenters. The Hall–Kier alpha value is -1.81. The Labute approximate surface area is 149 Å². The van der Waals surface area contributed by atoms with Crippen molar-refractivity contribution in [3.05, 3.63) is 56.9 Å². The van der Waals surface area contributed by atoms with Crippen LogP contribution in [0.3, 0.4) is 0 Å². The lowest BCUT2D eigenvalue weighted by Gasteiger charge is -2.21. The third-order valence-corrected chi connectivity index (χ3v) is 5.31. The lowest BCUT2D eigenvalue weighted by molar-refractivity contribution is 0.0866. The molecule has 0 amide bonds. The van der Waals surface area contributed by atoms with E-state index in [-0.39, 0.29) is 11.6 Å². The predicted octanol–water partition coefficient (Wildman–Crippen LogP) is 4.73. The van der Waals surface area contributed by atoms with E-state index in [4.69, 9.17) is 9.15 Å². The Morgan fingerprint density at radius 2 is 2.04 bits per heavy atom. The van der Waals surface area contributed by atoms with Gasteiger partial charge in [0.1, 0.15) is 12.4 Å². The quantitative estimate of drug-likeness (QED) is 0.761. The van der Waals surface area contributed by atoms with E-state index in [0.717, 1.165) is 35.4 Å². The van der Waals surface area contributed by atoms with Gasteiger partial charge < -0.3 is 13.7 Å². The first kappa shape index (κ1) is 18.0. The zero-order valence-corrected chi connectivity index (χ0v) is 16.0. The molecule has 136 valence electrons. The summed E-state index contributed by atoms with van der Waals surface area (Å²) in [6.45, 7) is 11.4. The van der Waals surface area contributed by atoms with Gasteiger partial charge >= 0.3 is 0 Å². The number of aryl methyl sites for hydroxylation is 2. The van der Waals surface area contributed by atoms with Gasteiger partial charge in [-0.2, -0.15) is 0 Å². The van der Waals surface area contributed by atoms with Crippen LogP contribution in [0.5, 0.6) is 0 Å². The third-order valence-electron chi connectivity index (χ3n) is 5.31. The molecule has 0 fully saturated rings. The van der Waals surface area contributed by atoms with E-state index in [1.165, 1.54) is 5.56 Å². The van der Waals surface area contributed by atoms with Crippen molar-refractivity contribution in [3.63, 3.8) is 0 Å². The van der Waals surface area contributed by atoms with Crippen LogP contribution in [0.2, 0.25) is 0 Å². The van der Waals surface area contributed by atoms with E-state index in [9.17, 15) is 4.79 Å². The van der Waals surface area contributed by atoms with E-state index in [1.54, 1.807) is 6.26 Å². The highest BCUT2D eigenvalue weighted by Gasteiger charge is 2.30. The van der Waals surface area contributed by atoms with Gasteiger partial charge in [-0.05, 0) is 68.7 Å². The molecule has 0 saturated carbocycles. The summed E-state index contributed by atoms with van der Waals surface area (Å²) in [6, 6.07) is 4.24. The minimum absolute atomic E-state index is 0.121. The Morgan fingerprint density at radius 1 is 1.28 bits per heavy atom. The molecule has 0 aliphatic heterocycles. The van der Waals surface area contributed by atoms with Gasteiger partial charge in [-0.15, -0.1) is 0 Å². The number of furan rings is 1. The van der Waals surface area contributed by atoms with Gasteiger partial charge in [0.2, 0.25) is 0 Å². The number of hydrogen-bond acceptors (Lipinski definition) is 3. The highest BCUT2D eigenvalue weighted by Crippen LogP contribution is 2.36. The lowest BCUT2D eigenvalue weighted by atomic mass is 9.90. The number of pyridine rings is 1. The van der Waals surface area contributed by atoms with Gasteiger partial charge in [0.25, 0.3) is 5.56 Å². The Bertz CT molecular complexity index is 798. The molecule has 2 aromatic heterocycles. The zero-order chi connectivity index (χ0) is 18.1. The fourth-order valence-electron chi connectivity index (χ4n) is 3.95. The average molecular weight is 343 g/mol. The van der Waals surface area contributed by atoms with E-state index in [2.05, 4.69) is 33.8 Å². The van der Waals surface area contributed by atoms with E-state index in [0.29, 0.717) is 25.0 Å². The maximum Gasteiger partial charge on any atom is 0.254 e. The van der Waals surface area contributed by atoms with Crippen molar-refractivity contribution in [1.29, 1.82) is 0 Å². The largest absolute Gasteiger partial charge is 0.467 e. The van der Waals surface area contributed by atoms with E-state index in [1.807, 2.05) is 17.6 Å². The van der Waals surface area contributed by atoms with Crippen LogP contribution in [0.25, 0.3) is 0 Å². The number of ether oxygens (including phenoxy) is 1. The smallest absolute Gasteiger partial charge is 0.254 e. The minimum Gasteiger partial charge on any atom is -0.467 e. The Morgan fingerprint density at radius 3 is 2.64 bits per heavy atom. The molecule has 0 saturated heterocycles. The van der Waals surface area contributed by atoms with Gasteiger partial charge in [0.05, 0.1) is 12.9 Å². The number of rotatable bonds is 6. The van der Waals surface area contributed by atoms with Gasteiger partial charge in [-0.1, -0.05) is 13.8 Å². The maximum atomic E-state index is 13.2. The first-order chi connectivity index (χ1) is 11.9. The van der Waals surface area contributed by atoms with Crippen LogP contribution < -0.4 is 5.56 Å². The fraction of sp³-hybridized carbons (Fsp3) is 0.571. The number of nitrogens with zero attached hydrogens (tertiary/aromatic N) is 1. The van der Waals surface area contributed by atoms with Crippen LogP contribution in [0.4, 0.5) is 0 Å². The van der Waals surface area contributed by atoms with Gasteiger partial charge in [-0.3, -0.25) is 4.79 Å². The second-order valence-electron chi connectivity index (χ2n) is 7.75. The van der Waals surface area contributed by atoms with Crippen molar-refractivity contribution in [2.75, 3.05) is 0 Å². The highest BCUT2D eigenvalue weighted by molar-refractivity contribution is 5.36. The van der Waals surface area contributed by atoms with Crippen LogP contribution in [-0.2, 0) is 24.4 Å². The molecule has 0 spiro atoms. The molecule has 0 radical (unpaired) electrons. The van der Waals surface area contributed by atoms with Crippen molar-refractivity contribution in [3.8, 4) is 0 Å². The summed E-state index contributed by atoms with van der Waals surface area (Å²) in [5.41, 5.74) is 4.49. The lowest BCUT2D eigenvalue weighted by Crippen LogP contribution is -2.30. The molecule has 2 aromatic rings. The Balaban J connectivity index is 1.88. The summed E-state index contributed by atoms with van der Waals surface area (Å²) in [6.07, 6.45) is 3.76. The topological polar surface area (TPSA) is 44.4 Å². The molecule has 0 bridgehead atoms. The molecule has 0 N–H and O–H groups in total. The molecule has 4 nitrogen and oxygen atoms in total. The second-order valence-corrected chi connectivity index (χ2v) is 7.75. The molecule has 3 rings (SSSR count). The first-order valence-electron chi connectivity index (χ1n) is 9.28. The Kier molecular flexibility index (Phi) is 5.19. The average Bonchev–Trinajstić information content (AvgIpc) is 3.14. The molecule has 0 aromatic carbocycles. The number of aromatic nitrogens is 1. The molecule has 4 heteroatoms. The highest BCUT2D eigenvalue weighted by atomic mass is 16.5. The van der Waals surface area contributed by atoms with Crippen molar-refractivity contribution in [1.82, 2.24) is 4.57 Å². The molecule has 25 heavy (non-hydrogen) atoms. The number of fused-ring (bicyclic) bond motifs is 1. The number of hydrogen-bond donors (Lipinski definition) is 0. The molecular weight excluding hydrogens is 314 g/mol. The molecule has 2 heterocycles. The molecule has 1 aliphatic rings. The van der Waals surface area contributed by atoms with Crippen molar-refractivity contribution < 1.29 is 9.15 Å². The van der Waals surface area contributed by atoms with Crippen molar-refractivity contribution in [2.45, 2.75) is 72.6 Å². The van der Waals surface area contributed by atoms with Gasteiger partial charge in [-0.25, -0.2) is 0 Å². The SMILES string of the molecule is Cc1ccoc1COCc1cc2c(c(=O)n1C(C)C)[C@@H](C(C)C)CC2. The third kappa shape index (κ3) is 3.45. The predicted molar refractivity (Wildman–Crippen MR) is 98.9 cm³/mol. The van der Waals surface area contributed by atoms with Crippen LogP contribution in [0.1, 0.15) is 74.2 Å².